The molecule has 2 heterocycles. The van der Waals surface area contributed by atoms with Crippen LogP contribution in [0.2, 0.25) is 0 Å². The van der Waals surface area contributed by atoms with Crippen molar-refractivity contribution in [2.24, 2.45) is 4.99 Å². The number of nitrogens with one attached hydrogen (secondary N) is 1. The summed E-state index contributed by atoms with van der Waals surface area (Å²) in [6, 6.07) is 2.76. The summed E-state index contributed by atoms with van der Waals surface area (Å²) in [7, 11) is 0. The van der Waals surface area contributed by atoms with Gasteiger partial charge >= 0.3 is 0 Å². The highest BCUT2D eigenvalue weighted by molar-refractivity contribution is 8.13. The summed E-state index contributed by atoms with van der Waals surface area (Å²) in [6.07, 6.45) is 2.30. The van der Waals surface area contributed by atoms with Crippen LogP contribution >= 0.6 is 23.1 Å². The monoisotopic (exact) mass is 240 g/mol. The van der Waals surface area contributed by atoms with Crippen molar-refractivity contribution in [2.45, 2.75) is 25.8 Å². The molecule has 1 aliphatic heterocycles. The molecule has 1 atom stereocenters. The van der Waals surface area contributed by atoms with Crippen LogP contribution in [-0.2, 0) is 6.42 Å². The first-order valence-corrected chi connectivity index (χ1v) is 7.22. The molecule has 0 radical (unpaired) electrons. The van der Waals surface area contributed by atoms with Gasteiger partial charge in [0.1, 0.15) is 0 Å². The van der Waals surface area contributed by atoms with Crippen LogP contribution in [0, 0.1) is 0 Å². The Kier molecular flexibility index (Phi) is 4.09. The third kappa shape index (κ3) is 3.54. The molecule has 1 unspecified atom stereocenters. The highest BCUT2D eigenvalue weighted by atomic mass is 32.2. The van der Waals surface area contributed by atoms with Crippen LogP contribution in [0.4, 0.5) is 0 Å². The number of nitrogens with zero attached hydrogens (tertiary/aromatic N) is 1. The normalized spacial score (nSPS) is 24.1. The summed E-state index contributed by atoms with van der Waals surface area (Å²) >= 11 is 3.60. The second kappa shape index (κ2) is 5.56. The van der Waals surface area contributed by atoms with Gasteiger partial charge in [0.25, 0.3) is 0 Å². The van der Waals surface area contributed by atoms with E-state index in [0.29, 0.717) is 6.04 Å². The predicted octanol–water partition coefficient (Wildman–Crippen LogP) is 2.76. The number of thiophene rings is 1. The van der Waals surface area contributed by atoms with E-state index in [2.05, 4.69) is 34.1 Å². The Morgan fingerprint density at radius 1 is 1.60 bits per heavy atom. The van der Waals surface area contributed by atoms with E-state index in [1.54, 1.807) is 11.3 Å². The molecule has 0 spiro atoms. The lowest BCUT2D eigenvalue weighted by atomic mass is 10.2. The van der Waals surface area contributed by atoms with Crippen molar-refractivity contribution >= 4 is 28.3 Å². The fourth-order valence-electron chi connectivity index (χ4n) is 1.47. The molecule has 1 aliphatic rings. The average Bonchev–Trinajstić information content (AvgIpc) is 2.71. The van der Waals surface area contributed by atoms with Crippen molar-refractivity contribution in [1.29, 1.82) is 0 Å². The molecular formula is C11H16N2S2. The third-order valence-corrected chi connectivity index (χ3v) is 4.09. The van der Waals surface area contributed by atoms with E-state index in [0.717, 1.165) is 18.1 Å². The zero-order valence-corrected chi connectivity index (χ0v) is 10.5. The number of amidine groups is 1. The molecule has 1 N–H and O–H groups in total. The van der Waals surface area contributed by atoms with Crippen molar-refractivity contribution in [3.63, 3.8) is 0 Å². The molecule has 0 saturated carbocycles. The lowest BCUT2D eigenvalue weighted by Crippen LogP contribution is -2.35. The second-order valence-corrected chi connectivity index (χ2v) is 5.61. The lowest BCUT2D eigenvalue weighted by molar-refractivity contribution is 0.642. The van der Waals surface area contributed by atoms with Gasteiger partial charge in [0, 0.05) is 18.3 Å². The smallest absolute Gasteiger partial charge is 0.156 e. The van der Waals surface area contributed by atoms with Crippen LogP contribution < -0.4 is 5.32 Å². The van der Waals surface area contributed by atoms with Crippen molar-refractivity contribution in [1.82, 2.24) is 5.32 Å². The van der Waals surface area contributed by atoms with Crippen molar-refractivity contribution in [3.8, 4) is 0 Å². The lowest BCUT2D eigenvalue weighted by Gasteiger charge is -2.21. The number of rotatable bonds is 3. The van der Waals surface area contributed by atoms with E-state index in [-0.39, 0.29) is 0 Å². The highest BCUT2D eigenvalue weighted by Gasteiger charge is 2.12. The molecule has 0 aliphatic carbocycles. The van der Waals surface area contributed by atoms with Gasteiger partial charge in [0.2, 0.25) is 0 Å². The van der Waals surface area contributed by atoms with Crippen LogP contribution in [0.15, 0.2) is 21.8 Å². The molecule has 1 fully saturated rings. The minimum atomic E-state index is 0.589. The molecular weight excluding hydrogens is 224 g/mol. The van der Waals surface area contributed by atoms with Crippen LogP contribution in [-0.4, -0.2) is 23.5 Å². The Morgan fingerprint density at radius 3 is 3.27 bits per heavy atom. The van der Waals surface area contributed by atoms with Crippen LogP contribution in [0.5, 0.6) is 0 Å². The molecule has 1 aromatic rings. The minimum Gasteiger partial charge on any atom is -0.362 e. The molecule has 0 bridgehead atoms. The first-order valence-electron chi connectivity index (χ1n) is 5.29. The summed E-state index contributed by atoms with van der Waals surface area (Å²) in [6.45, 7) is 3.12. The number of hydrogen-bond donors (Lipinski definition) is 1. The number of aliphatic imine (C=N–C) groups is 1. The predicted molar refractivity (Wildman–Crippen MR) is 70.0 cm³/mol. The molecule has 0 amide bonds. The topological polar surface area (TPSA) is 24.4 Å². The molecule has 15 heavy (non-hydrogen) atoms. The summed E-state index contributed by atoms with van der Waals surface area (Å²) in [5.41, 5.74) is 1.40. The number of hydrogen-bond acceptors (Lipinski definition) is 3. The maximum Gasteiger partial charge on any atom is 0.156 e. The summed E-state index contributed by atoms with van der Waals surface area (Å²) in [5.74, 6) is 1.20. The fourth-order valence-corrected chi connectivity index (χ4v) is 3.30. The third-order valence-electron chi connectivity index (χ3n) is 2.40. The fraction of sp³-hybridized carbons (Fsp3) is 0.545. The Morgan fingerprint density at radius 2 is 2.53 bits per heavy atom. The van der Waals surface area contributed by atoms with E-state index in [4.69, 9.17) is 0 Å². The Bertz CT molecular complexity index is 319. The minimum absolute atomic E-state index is 0.589. The van der Waals surface area contributed by atoms with Crippen molar-refractivity contribution in [3.05, 3.63) is 22.4 Å². The SMILES string of the molecule is CC1CCSC(=NCCc2ccsc2)N1. The summed E-state index contributed by atoms with van der Waals surface area (Å²) in [4.78, 5) is 4.58. The maximum absolute atomic E-state index is 4.58. The van der Waals surface area contributed by atoms with Crippen molar-refractivity contribution in [2.75, 3.05) is 12.3 Å². The van der Waals surface area contributed by atoms with Gasteiger partial charge in [0.05, 0.1) is 0 Å². The zero-order chi connectivity index (χ0) is 10.5. The standard InChI is InChI=1S/C11H16N2S2/c1-9-3-7-15-11(13-9)12-5-2-10-4-6-14-8-10/h4,6,8-9H,2-3,5,7H2,1H3,(H,12,13). The summed E-state index contributed by atoms with van der Waals surface area (Å²) < 4.78 is 0. The number of thioether (sulfide) groups is 1. The van der Waals surface area contributed by atoms with Gasteiger partial charge in [-0.2, -0.15) is 11.3 Å². The van der Waals surface area contributed by atoms with Gasteiger partial charge in [-0.1, -0.05) is 11.8 Å². The van der Waals surface area contributed by atoms with Gasteiger partial charge in [-0.15, -0.1) is 0 Å². The quantitative estimate of drug-likeness (QED) is 0.878. The molecule has 2 nitrogen and oxygen atoms in total. The van der Waals surface area contributed by atoms with Crippen molar-refractivity contribution < 1.29 is 0 Å². The Hall–Kier alpha value is -0.480. The van der Waals surface area contributed by atoms with Crippen LogP contribution in [0.3, 0.4) is 0 Å². The maximum atomic E-state index is 4.58. The summed E-state index contributed by atoms with van der Waals surface area (Å²) in [5, 5.41) is 8.86. The van der Waals surface area contributed by atoms with Crippen LogP contribution in [0.25, 0.3) is 0 Å². The van der Waals surface area contributed by atoms with E-state index >= 15 is 0 Å². The first kappa shape index (κ1) is 11.0. The van der Waals surface area contributed by atoms with Gasteiger partial charge in [-0.3, -0.25) is 4.99 Å². The first-order chi connectivity index (χ1) is 7.34. The van der Waals surface area contributed by atoms with Gasteiger partial charge in [-0.25, -0.2) is 0 Å². The van der Waals surface area contributed by atoms with Crippen LogP contribution in [0.1, 0.15) is 18.9 Å². The molecule has 4 heteroatoms. The highest BCUT2D eigenvalue weighted by Crippen LogP contribution is 2.13. The molecule has 82 valence electrons. The van der Waals surface area contributed by atoms with E-state index in [1.165, 1.54) is 17.7 Å². The van der Waals surface area contributed by atoms with E-state index in [9.17, 15) is 0 Å². The largest absolute Gasteiger partial charge is 0.362 e. The zero-order valence-electron chi connectivity index (χ0n) is 8.90. The Balaban J connectivity index is 1.78. The van der Waals surface area contributed by atoms with Gasteiger partial charge in [0.15, 0.2) is 5.17 Å². The average molecular weight is 240 g/mol. The van der Waals surface area contributed by atoms with E-state index < -0.39 is 0 Å². The second-order valence-electron chi connectivity index (χ2n) is 3.75. The molecule has 2 rings (SSSR count). The molecule has 1 saturated heterocycles. The van der Waals surface area contributed by atoms with Gasteiger partial charge in [-0.05, 0) is 42.2 Å². The van der Waals surface area contributed by atoms with E-state index in [1.807, 2.05) is 11.8 Å². The molecule has 1 aromatic heterocycles. The Labute approximate surface area is 99.2 Å². The van der Waals surface area contributed by atoms with Gasteiger partial charge < -0.3 is 5.32 Å². The molecule has 0 aromatic carbocycles.